The first-order valence-electron chi connectivity index (χ1n) is 28.1. The first kappa shape index (κ1) is 49.0. The Bertz CT molecular complexity index is 4350. The summed E-state index contributed by atoms with van der Waals surface area (Å²) in [5, 5.41) is 1.95. The third-order valence-corrected chi connectivity index (χ3v) is 17.4. The van der Waals surface area contributed by atoms with E-state index in [0.717, 1.165) is 89.8 Å². The summed E-state index contributed by atoms with van der Waals surface area (Å²) >= 11 is 0. The standard InChI is InChI=1S/C76H56F2N4/c1-75(2)67-27-13-11-25-63(67)65-39-37-61(47-69(65)75)79(55-21-7-5-8-22-55)57-29-33-59(34-30-57)81-71(49-17-15-19-53(77)41-49)43-51-46-74-52(45-73(51)81)44-72(50-18-16-20-54(78)42-50)82(74)60-35-31-58(32-36-60)80(56-23-9-6-10-24-56)62-38-40-66-64-26-12-14-28-68(64)76(3,4)70(66)48-62/h5-48H,1-4H3. The summed E-state index contributed by atoms with van der Waals surface area (Å²) in [6, 6.07) is 92.1. The maximum Gasteiger partial charge on any atom is 0.123 e. The quantitative estimate of drug-likeness (QED) is 0.136. The number of benzene rings is 11. The summed E-state index contributed by atoms with van der Waals surface area (Å²) < 4.78 is 35.1. The molecule has 0 saturated heterocycles. The number of hydrogen-bond donors (Lipinski definition) is 0. The molecule has 0 amide bonds. The van der Waals surface area contributed by atoms with Crippen molar-refractivity contribution in [1.29, 1.82) is 0 Å². The maximum absolute atomic E-state index is 15.3. The molecule has 0 radical (unpaired) electrons. The minimum atomic E-state index is -0.306. The summed E-state index contributed by atoms with van der Waals surface area (Å²) in [6.07, 6.45) is 0. The molecule has 0 saturated carbocycles. The van der Waals surface area contributed by atoms with E-state index < -0.39 is 0 Å². The Morgan fingerprint density at radius 1 is 0.293 bits per heavy atom. The zero-order valence-corrected chi connectivity index (χ0v) is 45.9. The number of rotatable bonds is 10. The van der Waals surface area contributed by atoms with Crippen LogP contribution in [0.25, 0.3) is 77.9 Å². The van der Waals surface area contributed by atoms with Gasteiger partial charge in [0.05, 0.1) is 22.4 Å². The van der Waals surface area contributed by atoms with E-state index in [2.05, 4.69) is 265 Å². The van der Waals surface area contributed by atoms with E-state index in [9.17, 15) is 0 Å². The van der Waals surface area contributed by atoms with E-state index in [4.69, 9.17) is 0 Å². The third kappa shape index (κ3) is 7.84. The molecule has 82 heavy (non-hydrogen) atoms. The highest BCUT2D eigenvalue weighted by Gasteiger charge is 2.37. The van der Waals surface area contributed by atoms with Crippen molar-refractivity contribution in [3.05, 3.63) is 301 Å². The van der Waals surface area contributed by atoms with E-state index in [1.54, 1.807) is 24.3 Å². The highest BCUT2D eigenvalue weighted by molar-refractivity contribution is 6.02. The Morgan fingerprint density at radius 3 is 1.05 bits per heavy atom. The molecule has 0 spiro atoms. The zero-order valence-electron chi connectivity index (χ0n) is 45.9. The van der Waals surface area contributed by atoms with Crippen LogP contribution in [0.15, 0.2) is 267 Å². The minimum Gasteiger partial charge on any atom is -0.310 e. The van der Waals surface area contributed by atoms with Crippen molar-refractivity contribution in [2.75, 3.05) is 9.80 Å². The van der Waals surface area contributed by atoms with Crippen LogP contribution >= 0.6 is 0 Å². The van der Waals surface area contributed by atoms with Gasteiger partial charge in [0.25, 0.3) is 0 Å². The second-order valence-electron chi connectivity index (χ2n) is 22.9. The van der Waals surface area contributed by atoms with Crippen LogP contribution in [0.3, 0.4) is 0 Å². The number of anilines is 6. The molecule has 0 aliphatic heterocycles. The summed E-state index contributed by atoms with van der Waals surface area (Å²) in [5.41, 5.74) is 23.4. The summed E-state index contributed by atoms with van der Waals surface area (Å²) in [6.45, 7) is 9.27. The van der Waals surface area contributed by atoms with Gasteiger partial charge in [0.15, 0.2) is 0 Å². The van der Waals surface area contributed by atoms with Gasteiger partial charge >= 0.3 is 0 Å². The Hall–Kier alpha value is -10.0. The summed E-state index contributed by atoms with van der Waals surface area (Å²) in [4.78, 5) is 4.65. The van der Waals surface area contributed by atoms with Crippen LogP contribution in [-0.2, 0) is 10.8 Å². The van der Waals surface area contributed by atoms with Gasteiger partial charge < -0.3 is 18.9 Å². The molecule has 2 aliphatic carbocycles. The lowest BCUT2D eigenvalue weighted by atomic mass is 9.82. The molecule has 0 bridgehead atoms. The van der Waals surface area contributed by atoms with Crippen molar-refractivity contribution in [1.82, 2.24) is 9.13 Å². The molecule has 11 aromatic carbocycles. The highest BCUT2D eigenvalue weighted by Crippen LogP contribution is 2.53. The number of aromatic nitrogens is 2. The number of para-hydroxylation sites is 2. The van der Waals surface area contributed by atoms with Crippen LogP contribution in [0, 0.1) is 11.6 Å². The fourth-order valence-corrected chi connectivity index (χ4v) is 13.4. The second-order valence-corrected chi connectivity index (χ2v) is 22.9. The minimum absolute atomic E-state index is 0.161. The van der Waals surface area contributed by atoms with E-state index in [-0.39, 0.29) is 22.5 Å². The van der Waals surface area contributed by atoms with Crippen LogP contribution in [0.1, 0.15) is 49.9 Å². The van der Waals surface area contributed by atoms with Crippen LogP contribution in [0.4, 0.5) is 42.9 Å². The van der Waals surface area contributed by atoms with Crippen molar-refractivity contribution >= 4 is 55.9 Å². The van der Waals surface area contributed by atoms with Gasteiger partial charge in [0.2, 0.25) is 0 Å². The predicted octanol–water partition coefficient (Wildman–Crippen LogP) is 20.7. The highest BCUT2D eigenvalue weighted by atomic mass is 19.1. The SMILES string of the molecule is CC1(C)c2ccccc2-c2ccc(N(c3ccccc3)c3ccc(-n4c(-c5cccc(F)c5)cc5cc6c(cc(-c7cccc(F)c7)n6-c6ccc(N(c7ccccc7)c7ccc8c(c7)C(C)(C)c7ccccc7-8)cc6)cc54)cc3)cc21. The fraction of sp³-hybridized carbons (Fsp3) is 0.0789. The van der Waals surface area contributed by atoms with Gasteiger partial charge in [-0.05, 0) is 190 Å². The molecule has 0 atom stereocenters. The lowest BCUT2D eigenvalue weighted by molar-refractivity contribution is 0.628. The first-order valence-corrected chi connectivity index (χ1v) is 28.1. The maximum atomic E-state index is 15.3. The molecular formula is C76H56F2N4. The molecule has 4 nitrogen and oxygen atoms in total. The molecule has 15 rings (SSSR count). The summed E-state index contributed by atoms with van der Waals surface area (Å²) in [7, 11) is 0. The van der Waals surface area contributed by atoms with Crippen molar-refractivity contribution in [3.63, 3.8) is 0 Å². The lowest BCUT2D eigenvalue weighted by Gasteiger charge is -2.28. The molecule has 2 aliphatic rings. The van der Waals surface area contributed by atoms with Crippen molar-refractivity contribution in [2.24, 2.45) is 0 Å². The van der Waals surface area contributed by atoms with Crippen LogP contribution in [0.2, 0.25) is 0 Å². The Kier molecular flexibility index (Phi) is 11.2. The van der Waals surface area contributed by atoms with E-state index in [1.165, 1.54) is 56.6 Å². The van der Waals surface area contributed by atoms with Crippen LogP contribution in [-0.4, -0.2) is 9.13 Å². The zero-order chi connectivity index (χ0) is 55.4. The van der Waals surface area contributed by atoms with E-state index in [1.807, 2.05) is 12.1 Å². The van der Waals surface area contributed by atoms with Crippen molar-refractivity contribution in [3.8, 4) is 56.1 Å². The molecule has 6 heteroatoms. The largest absolute Gasteiger partial charge is 0.310 e. The Morgan fingerprint density at radius 2 is 0.646 bits per heavy atom. The molecule has 394 valence electrons. The molecule has 2 heterocycles. The van der Waals surface area contributed by atoms with Crippen molar-refractivity contribution in [2.45, 2.75) is 38.5 Å². The van der Waals surface area contributed by atoms with Gasteiger partial charge in [-0.25, -0.2) is 8.78 Å². The van der Waals surface area contributed by atoms with Crippen molar-refractivity contribution < 1.29 is 8.78 Å². The predicted molar refractivity (Wildman–Crippen MR) is 335 cm³/mol. The van der Waals surface area contributed by atoms with E-state index in [0.29, 0.717) is 0 Å². The number of hydrogen-bond acceptors (Lipinski definition) is 2. The van der Waals surface area contributed by atoms with Gasteiger partial charge in [0.1, 0.15) is 11.6 Å². The van der Waals surface area contributed by atoms with Gasteiger partial charge in [-0.1, -0.05) is 149 Å². The molecule has 0 unspecified atom stereocenters. The van der Waals surface area contributed by atoms with Gasteiger partial charge in [0, 0.05) is 78.2 Å². The van der Waals surface area contributed by atoms with Gasteiger partial charge in [-0.15, -0.1) is 0 Å². The molecule has 2 aromatic heterocycles. The average Bonchev–Trinajstić information content (AvgIpc) is 3.28. The third-order valence-electron chi connectivity index (χ3n) is 17.4. The smallest absolute Gasteiger partial charge is 0.123 e. The Balaban J connectivity index is 0.858. The van der Waals surface area contributed by atoms with Gasteiger partial charge in [-0.3, -0.25) is 0 Å². The number of nitrogens with zero attached hydrogens (tertiary/aromatic N) is 4. The van der Waals surface area contributed by atoms with E-state index >= 15 is 8.78 Å². The van der Waals surface area contributed by atoms with Crippen LogP contribution < -0.4 is 9.80 Å². The molecule has 0 N–H and O–H groups in total. The molecule has 13 aromatic rings. The number of halogens is 2. The van der Waals surface area contributed by atoms with Crippen LogP contribution in [0.5, 0.6) is 0 Å². The molecule has 0 fully saturated rings. The molecular weight excluding hydrogens is 1010 g/mol. The lowest BCUT2D eigenvalue weighted by Crippen LogP contribution is -2.16. The Labute approximate surface area is 476 Å². The monoisotopic (exact) mass is 1060 g/mol. The fourth-order valence-electron chi connectivity index (χ4n) is 13.4. The average molecular weight is 1060 g/mol. The number of fused-ring (bicyclic) bond motifs is 8. The van der Waals surface area contributed by atoms with Gasteiger partial charge in [-0.2, -0.15) is 0 Å². The normalized spacial score (nSPS) is 13.4. The summed E-state index contributed by atoms with van der Waals surface area (Å²) in [5.74, 6) is -0.611. The first-order chi connectivity index (χ1) is 40.0. The topological polar surface area (TPSA) is 16.3 Å². The second kappa shape index (κ2) is 18.8.